The average Bonchev–Trinajstić information content (AvgIpc) is 2.81. The summed E-state index contributed by atoms with van der Waals surface area (Å²) >= 11 is 0. The third-order valence-electron chi connectivity index (χ3n) is 4.31. The maximum absolute atomic E-state index is 12.8. The van der Waals surface area contributed by atoms with Gasteiger partial charge in [0.2, 0.25) is 0 Å². The Morgan fingerprint density at radius 1 is 1.33 bits per heavy atom. The third-order valence-corrected chi connectivity index (χ3v) is 4.31. The summed E-state index contributed by atoms with van der Waals surface area (Å²) in [6.07, 6.45) is 11.8. The fourth-order valence-corrected chi connectivity index (χ4v) is 2.98. The van der Waals surface area contributed by atoms with Gasteiger partial charge in [-0.05, 0) is 25.3 Å². The fourth-order valence-electron chi connectivity index (χ4n) is 2.98. The van der Waals surface area contributed by atoms with E-state index >= 15 is 0 Å². The minimum atomic E-state index is 0.0913. The predicted molar refractivity (Wildman–Crippen MR) is 86.6 cm³/mol. The Kier molecular flexibility index (Phi) is 6.03. The molecule has 2 rings (SSSR count). The smallest absolute Gasteiger partial charge is 0.257 e. The Bertz CT molecular complexity index is 453. The Morgan fingerprint density at radius 2 is 2.05 bits per heavy atom. The van der Waals surface area contributed by atoms with Crippen molar-refractivity contribution in [2.75, 3.05) is 18.9 Å². The molecule has 21 heavy (non-hydrogen) atoms. The van der Waals surface area contributed by atoms with Crippen molar-refractivity contribution in [2.45, 2.75) is 57.9 Å². The zero-order valence-electron chi connectivity index (χ0n) is 13.3. The summed E-state index contributed by atoms with van der Waals surface area (Å²) in [5, 5.41) is 3.33. The Labute approximate surface area is 127 Å². The lowest BCUT2D eigenvalue weighted by atomic mass is 10.1. The molecule has 1 aromatic heterocycles. The predicted octanol–water partition coefficient (Wildman–Crippen LogP) is 3.70. The Hall–Kier alpha value is -1.58. The normalized spacial score (nSPS) is 16.3. The van der Waals surface area contributed by atoms with Gasteiger partial charge in [0.15, 0.2) is 0 Å². The van der Waals surface area contributed by atoms with E-state index in [0.717, 1.165) is 31.5 Å². The van der Waals surface area contributed by atoms with E-state index in [4.69, 9.17) is 0 Å². The number of hydrogen-bond acceptors (Lipinski definition) is 3. The lowest BCUT2D eigenvalue weighted by molar-refractivity contribution is 0.0718. The highest BCUT2D eigenvalue weighted by Gasteiger charge is 2.23. The first-order valence-electron chi connectivity index (χ1n) is 8.19. The second kappa shape index (κ2) is 8.01. The number of rotatable bonds is 5. The topological polar surface area (TPSA) is 45.2 Å². The molecule has 4 nitrogen and oxygen atoms in total. The molecule has 0 spiro atoms. The van der Waals surface area contributed by atoms with Gasteiger partial charge in [-0.25, -0.2) is 0 Å². The molecule has 1 fully saturated rings. The summed E-state index contributed by atoms with van der Waals surface area (Å²) < 4.78 is 0. The second-order valence-corrected chi connectivity index (χ2v) is 5.91. The number of carbonyl (C=O) groups excluding carboxylic acids is 1. The number of nitrogens with one attached hydrogen (secondary N) is 1. The Morgan fingerprint density at radius 3 is 2.71 bits per heavy atom. The van der Waals surface area contributed by atoms with Gasteiger partial charge in [0.1, 0.15) is 0 Å². The van der Waals surface area contributed by atoms with E-state index < -0.39 is 0 Å². The van der Waals surface area contributed by atoms with Gasteiger partial charge < -0.3 is 10.2 Å². The standard InChI is InChI=1S/C17H27N3O/c1-3-11-19-16-10-12-18-13-15(16)17(21)20(2)14-8-6-4-5-7-9-14/h10,12-14H,3-9,11H2,1-2H3,(H,18,19). The number of carbonyl (C=O) groups is 1. The van der Waals surface area contributed by atoms with Crippen LogP contribution in [-0.4, -0.2) is 35.4 Å². The molecule has 1 heterocycles. The Balaban J connectivity index is 2.10. The molecule has 0 unspecified atom stereocenters. The van der Waals surface area contributed by atoms with Crippen LogP contribution in [0.15, 0.2) is 18.5 Å². The van der Waals surface area contributed by atoms with Crippen molar-refractivity contribution < 1.29 is 4.79 Å². The van der Waals surface area contributed by atoms with Gasteiger partial charge in [0.25, 0.3) is 5.91 Å². The molecule has 1 aliphatic rings. The van der Waals surface area contributed by atoms with E-state index in [1.165, 1.54) is 25.7 Å². The van der Waals surface area contributed by atoms with E-state index in [9.17, 15) is 4.79 Å². The number of aromatic nitrogens is 1. The van der Waals surface area contributed by atoms with Crippen LogP contribution in [0, 0.1) is 0 Å². The van der Waals surface area contributed by atoms with E-state index in [-0.39, 0.29) is 5.91 Å². The van der Waals surface area contributed by atoms with Crippen LogP contribution in [0.2, 0.25) is 0 Å². The zero-order chi connectivity index (χ0) is 15.1. The van der Waals surface area contributed by atoms with Crippen LogP contribution in [0.3, 0.4) is 0 Å². The van der Waals surface area contributed by atoms with E-state index in [0.29, 0.717) is 11.6 Å². The van der Waals surface area contributed by atoms with Crippen LogP contribution in [0.4, 0.5) is 5.69 Å². The second-order valence-electron chi connectivity index (χ2n) is 5.91. The summed E-state index contributed by atoms with van der Waals surface area (Å²) in [5.41, 5.74) is 1.59. The molecule has 0 saturated heterocycles. The van der Waals surface area contributed by atoms with Gasteiger partial charge in [-0.2, -0.15) is 0 Å². The highest BCUT2D eigenvalue weighted by molar-refractivity contribution is 5.99. The molecule has 0 radical (unpaired) electrons. The first-order chi connectivity index (χ1) is 10.2. The van der Waals surface area contributed by atoms with Crippen molar-refractivity contribution in [3.8, 4) is 0 Å². The molecule has 0 aliphatic heterocycles. The van der Waals surface area contributed by atoms with E-state index in [1.54, 1.807) is 12.4 Å². The van der Waals surface area contributed by atoms with Crippen LogP contribution < -0.4 is 5.32 Å². The number of pyridine rings is 1. The number of nitrogens with zero attached hydrogens (tertiary/aromatic N) is 2. The van der Waals surface area contributed by atoms with Crippen molar-refractivity contribution in [2.24, 2.45) is 0 Å². The maximum Gasteiger partial charge on any atom is 0.257 e. The molecule has 1 amide bonds. The van der Waals surface area contributed by atoms with Crippen LogP contribution in [-0.2, 0) is 0 Å². The lowest BCUT2D eigenvalue weighted by Crippen LogP contribution is -2.37. The summed E-state index contributed by atoms with van der Waals surface area (Å²) in [6, 6.07) is 2.27. The van der Waals surface area contributed by atoms with E-state index in [1.807, 2.05) is 18.0 Å². The van der Waals surface area contributed by atoms with Crippen LogP contribution in [0.25, 0.3) is 0 Å². The number of anilines is 1. The van der Waals surface area contributed by atoms with Gasteiger partial charge in [-0.15, -0.1) is 0 Å². The molecule has 4 heteroatoms. The minimum Gasteiger partial charge on any atom is -0.384 e. The molecule has 1 saturated carbocycles. The quantitative estimate of drug-likeness (QED) is 0.841. The molecular formula is C17H27N3O. The molecule has 1 aromatic rings. The molecule has 0 atom stereocenters. The van der Waals surface area contributed by atoms with Gasteiger partial charge in [0.05, 0.1) is 11.3 Å². The average molecular weight is 289 g/mol. The van der Waals surface area contributed by atoms with Crippen LogP contribution in [0.5, 0.6) is 0 Å². The van der Waals surface area contributed by atoms with Gasteiger partial charge >= 0.3 is 0 Å². The van der Waals surface area contributed by atoms with Gasteiger partial charge in [0, 0.05) is 32.0 Å². The van der Waals surface area contributed by atoms with Crippen LogP contribution >= 0.6 is 0 Å². The molecular weight excluding hydrogens is 262 g/mol. The number of amides is 1. The molecule has 116 valence electrons. The highest BCUT2D eigenvalue weighted by atomic mass is 16.2. The monoisotopic (exact) mass is 289 g/mol. The lowest BCUT2D eigenvalue weighted by Gasteiger charge is -2.28. The fraction of sp³-hybridized carbons (Fsp3) is 0.647. The largest absolute Gasteiger partial charge is 0.384 e. The molecule has 0 bridgehead atoms. The maximum atomic E-state index is 12.8. The summed E-state index contributed by atoms with van der Waals surface area (Å²) in [5.74, 6) is 0.0913. The SMILES string of the molecule is CCCNc1ccncc1C(=O)N(C)C1CCCCCC1. The van der Waals surface area contributed by atoms with Gasteiger partial charge in [-0.1, -0.05) is 32.6 Å². The zero-order valence-corrected chi connectivity index (χ0v) is 13.3. The summed E-state index contributed by atoms with van der Waals surface area (Å²) in [6.45, 7) is 2.99. The first kappa shape index (κ1) is 15.8. The van der Waals surface area contributed by atoms with Crippen molar-refractivity contribution >= 4 is 11.6 Å². The molecule has 0 aromatic carbocycles. The summed E-state index contributed by atoms with van der Waals surface area (Å²) in [7, 11) is 1.94. The highest BCUT2D eigenvalue weighted by Crippen LogP contribution is 2.24. The number of hydrogen-bond donors (Lipinski definition) is 1. The first-order valence-corrected chi connectivity index (χ1v) is 8.19. The van der Waals surface area contributed by atoms with E-state index in [2.05, 4.69) is 17.2 Å². The van der Waals surface area contributed by atoms with Crippen molar-refractivity contribution in [1.29, 1.82) is 0 Å². The van der Waals surface area contributed by atoms with Crippen LogP contribution in [0.1, 0.15) is 62.2 Å². The van der Waals surface area contributed by atoms with Crippen molar-refractivity contribution in [3.63, 3.8) is 0 Å². The molecule has 1 N–H and O–H groups in total. The third kappa shape index (κ3) is 4.19. The minimum absolute atomic E-state index is 0.0913. The molecule has 1 aliphatic carbocycles. The van der Waals surface area contributed by atoms with Crippen molar-refractivity contribution in [1.82, 2.24) is 9.88 Å². The van der Waals surface area contributed by atoms with Crippen molar-refractivity contribution in [3.05, 3.63) is 24.0 Å². The summed E-state index contributed by atoms with van der Waals surface area (Å²) in [4.78, 5) is 18.8. The van der Waals surface area contributed by atoms with Gasteiger partial charge in [-0.3, -0.25) is 9.78 Å².